The fraction of sp³-hybridized carbons (Fsp3) is 0.333. The third kappa shape index (κ3) is 3.91. The number of aryl methyl sites for hydroxylation is 1. The quantitative estimate of drug-likeness (QED) is 0.686. The zero-order valence-corrected chi connectivity index (χ0v) is 15.2. The summed E-state index contributed by atoms with van der Waals surface area (Å²) in [6.07, 6.45) is 0. The first-order chi connectivity index (χ1) is 8.97. The molecule has 1 nitrogen and oxygen atoms in total. The van der Waals surface area contributed by atoms with Crippen LogP contribution in [0.3, 0.4) is 0 Å². The molecule has 0 aliphatic carbocycles. The number of rotatable bonds is 4. The van der Waals surface area contributed by atoms with E-state index < -0.39 is 0 Å². The fourth-order valence-electron chi connectivity index (χ4n) is 1.85. The van der Waals surface area contributed by atoms with E-state index in [1.165, 1.54) is 20.9 Å². The molecule has 0 spiro atoms. The Kier molecular flexibility index (Phi) is 5.23. The van der Waals surface area contributed by atoms with Crippen LogP contribution in [0.25, 0.3) is 10.4 Å². The molecule has 0 aliphatic rings. The Bertz CT molecular complexity index is 552. The lowest BCUT2D eigenvalue weighted by molar-refractivity contribution is 0.593. The average molecular weight is 403 g/mol. The van der Waals surface area contributed by atoms with Crippen LogP contribution in [0.2, 0.25) is 0 Å². The van der Waals surface area contributed by atoms with Gasteiger partial charge in [0.1, 0.15) is 0 Å². The van der Waals surface area contributed by atoms with Crippen LogP contribution in [0.1, 0.15) is 24.3 Å². The lowest BCUT2D eigenvalue weighted by atomic mass is 10.1. The van der Waals surface area contributed by atoms with E-state index in [1.807, 2.05) is 11.3 Å². The predicted molar refractivity (Wildman–Crippen MR) is 91.9 cm³/mol. The van der Waals surface area contributed by atoms with Crippen molar-refractivity contribution >= 4 is 43.2 Å². The highest BCUT2D eigenvalue weighted by Gasteiger charge is 2.11. The topological polar surface area (TPSA) is 12.0 Å². The van der Waals surface area contributed by atoms with E-state index in [1.54, 1.807) is 0 Å². The van der Waals surface area contributed by atoms with Gasteiger partial charge in [0.05, 0.1) is 0 Å². The molecule has 0 bridgehead atoms. The highest BCUT2D eigenvalue weighted by Crippen LogP contribution is 2.39. The van der Waals surface area contributed by atoms with E-state index in [0.717, 1.165) is 15.5 Å². The summed E-state index contributed by atoms with van der Waals surface area (Å²) in [5, 5.41) is 3.45. The summed E-state index contributed by atoms with van der Waals surface area (Å²) in [4.78, 5) is 2.65. The summed E-state index contributed by atoms with van der Waals surface area (Å²) in [6.45, 7) is 7.37. The zero-order valence-electron chi connectivity index (χ0n) is 11.3. The highest BCUT2D eigenvalue weighted by atomic mass is 79.9. The third-order valence-corrected chi connectivity index (χ3v) is 5.13. The molecule has 0 saturated carbocycles. The minimum absolute atomic E-state index is 0.517. The van der Waals surface area contributed by atoms with E-state index in [0.29, 0.717) is 6.04 Å². The molecular formula is C15H17Br2NS. The predicted octanol–water partition coefficient (Wildman–Crippen LogP) is 5.75. The largest absolute Gasteiger partial charge is 0.310 e. The standard InChI is InChI=1S/C15H17Br2NS/c1-9(2)18-8-11-4-5-14(19-11)15-12(16)6-10(3)7-13(15)17/h4-7,9,18H,8H2,1-3H3. The first-order valence-electron chi connectivity index (χ1n) is 6.25. The molecule has 1 N–H and O–H groups in total. The van der Waals surface area contributed by atoms with Crippen molar-refractivity contribution in [2.75, 3.05) is 0 Å². The normalized spacial score (nSPS) is 11.3. The number of hydrogen-bond donors (Lipinski definition) is 1. The maximum Gasteiger partial charge on any atom is 0.0368 e. The Morgan fingerprint density at radius 1 is 1.16 bits per heavy atom. The van der Waals surface area contributed by atoms with Gasteiger partial charge in [0, 0.05) is 36.8 Å². The van der Waals surface area contributed by atoms with Crippen LogP contribution >= 0.6 is 43.2 Å². The second-order valence-electron chi connectivity index (χ2n) is 4.91. The number of thiophene rings is 1. The molecule has 0 fully saturated rings. The van der Waals surface area contributed by atoms with Gasteiger partial charge in [-0.2, -0.15) is 0 Å². The van der Waals surface area contributed by atoms with Crippen molar-refractivity contribution in [3.05, 3.63) is 43.7 Å². The number of nitrogens with one attached hydrogen (secondary N) is 1. The summed E-state index contributed by atoms with van der Waals surface area (Å²) in [7, 11) is 0. The lowest BCUT2D eigenvalue weighted by Crippen LogP contribution is -2.21. The third-order valence-electron chi connectivity index (χ3n) is 2.78. The van der Waals surface area contributed by atoms with Gasteiger partial charge in [-0.3, -0.25) is 0 Å². The summed E-state index contributed by atoms with van der Waals surface area (Å²) < 4.78 is 2.29. The Balaban J connectivity index is 2.28. The number of hydrogen-bond acceptors (Lipinski definition) is 2. The van der Waals surface area contributed by atoms with Gasteiger partial charge in [-0.25, -0.2) is 0 Å². The van der Waals surface area contributed by atoms with Crippen LogP contribution in [0.4, 0.5) is 0 Å². The number of halogens is 2. The van der Waals surface area contributed by atoms with Crippen molar-refractivity contribution in [3.8, 4) is 10.4 Å². The van der Waals surface area contributed by atoms with Crippen LogP contribution in [0.5, 0.6) is 0 Å². The van der Waals surface area contributed by atoms with Crippen molar-refractivity contribution in [2.24, 2.45) is 0 Å². The molecule has 0 amide bonds. The first-order valence-corrected chi connectivity index (χ1v) is 8.65. The fourth-order valence-corrected chi connectivity index (χ4v) is 4.98. The summed E-state index contributed by atoms with van der Waals surface area (Å²) in [6, 6.07) is 9.23. The molecule has 0 saturated heterocycles. The molecular weight excluding hydrogens is 386 g/mol. The van der Waals surface area contributed by atoms with Crippen molar-refractivity contribution in [1.29, 1.82) is 0 Å². The monoisotopic (exact) mass is 401 g/mol. The summed E-state index contributed by atoms with van der Waals surface area (Å²) in [5.74, 6) is 0. The van der Waals surface area contributed by atoms with Gasteiger partial charge in [-0.1, -0.05) is 45.7 Å². The Morgan fingerprint density at radius 3 is 2.37 bits per heavy atom. The van der Waals surface area contributed by atoms with Crippen LogP contribution in [0.15, 0.2) is 33.2 Å². The van der Waals surface area contributed by atoms with Crippen molar-refractivity contribution in [3.63, 3.8) is 0 Å². The molecule has 19 heavy (non-hydrogen) atoms. The molecule has 4 heteroatoms. The van der Waals surface area contributed by atoms with E-state index in [2.05, 4.69) is 82.2 Å². The molecule has 102 valence electrons. The molecule has 2 rings (SSSR count). The Labute approximate surface area is 135 Å². The van der Waals surface area contributed by atoms with Gasteiger partial charge in [0.2, 0.25) is 0 Å². The molecule has 0 aliphatic heterocycles. The molecule has 0 radical (unpaired) electrons. The van der Waals surface area contributed by atoms with Gasteiger partial charge in [0.15, 0.2) is 0 Å². The zero-order chi connectivity index (χ0) is 14.0. The molecule has 1 heterocycles. The first kappa shape index (κ1) is 15.2. The smallest absolute Gasteiger partial charge is 0.0368 e. The molecule has 1 aromatic heterocycles. The molecule has 2 aromatic rings. The molecule has 0 atom stereocenters. The van der Waals surface area contributed by atoms with Crippen molar-refractivity contribution in [1.82, 2.24) is 5.32 Å². The van der Waals surface area contributed by atoms with Gasteiger partial charge in [0.25, 0.3) is 0 Å². The van der Waals surface area contributed by atoms with Gasteiger partial charge < -0.3 is 5.32 Å². The van der Waals surface area contributed by atoms with E-state index >= 15 is 0 Å². The van der Waals surface area contributed by atoms with Crippen LogP contribution in [-0.4, -0.2) is 6.04 Å². The summed E-state index contributed by atoms with van der Waals surface area (Å²) >= 11 is 9.17. The minimum Gasteiger partial charge on any atom is -0.310 e. The highest BCUT2D eigenvalue weighted by molar-refractivity contribution is 9.11. The Hall–Kier alpha value is -0.160. The average Bonchev–Trinajstić information content (AvgIpc) is 2.73. The van der Waals surface area contributed by atoms with Crippen molar-refractivity contribution < 1.29 is 0 Å². The Morgan fingerprint density at radius 2 is 1.79 bits per heavy atom. The van der Waals surface area contributed by atoms with Gasteiger partial charge in [-0.05, 0) is 36.8 Å². The van der Waals surface area contributed by atoms with Crippen LogP contribution in [-0.2, 0) is 6.54 Å². The van der Waals surface area contributed by atoms with Crippen LogP contribution in [0, 0.1) is 6.92 Å². The van der Waals surface area contributed by atoms with Crippen LogP contribution < -0.4 is 5.32 Å². The SMILES string of the molecule is Cc1cc(Br)c(-c2ccc(CNC(C)C)s2)c(Br)c1. The maximum absolute atomic E-state index is 3.67. The molecule has 0 unspecified atom stereocenters. The van der Waals surface area contributed by atoms with E-state index in [9.17, 15) is 0 Å². The lowest BCUT2D eigenvalue weighted by Gasteiger charge is -2.07. The van der Waals surface area contributed by atoms with Gasteiger partial charge >= 0.3 is 0 Å². The second kappa shape index (κ2) is 6.53. The summed E-state index contributed by atoms with van der Waals surface area (Å²) in [5.41, 5.74) is 2.49. The van der Waals surface area contributed by atoms with E-state index in [4.69, 9.17) is 0 Å². The van der Waals surface area contributed by atoms with E-state index in [-0.39, 0.29) is 0 Å². The second-order valence-corrected chi connectivity index (χ2v) is 7.78. The van der Waals surface area contributed by atoms with Gasteiger partial charge in [-0.15, -0.1) is 11.3 Å². The maximum atomic E-state index is 3.67. The van der Waals surface area contributed by atoms with Crippen molar-refractivity contribution in [2.45, 2.75) is 33.4 Å². The molecule has 1 aromatic carbocycles. The number of benzene rings is 1. The minimum atomic E-state index is 0.517.